The molecule has 2 aromatic heterocycles. The van der Waals surface area contributed by atoms with E-state index in [2.05, 4.69) is 20.9 Å². The molecular weight excluding hydrogens is 544 g/mol. The SMILES string of the molecule is CN(CCn1c(=O)n(-c2ccc(Oc3ccccc3)cc2)c2c(N)ncnc21)C(=O)C(C#N)=CC(C)(C)N1CCCCC1. The second-order valence-corrected chi connectivity index (χ2v) is 11.2. The number of nitrogens with two attached hydrogens (primary N) is 1. The zero-order valence-corrected chi connectivity index (χ0v) is 24.7. The number of piperidine rings is 1. The molecule has 2 aromatic carbocycles. The van der Waals surface area contributed by atoms with Crippen LogP contribution in [0.15, 0.2) is 77.4 Å². The van der Waals surface area contributed by atoms with Gasteiger partial charge < -0.3 is 15.4 Å². The number of nitriles is 1. The van der Waals surface area contributed by atoms with Gasteiger partial charge in [-0.3, -0.25) is 18.8 Å². The van der Waals surface area contributed by atoms with Crippen LogP contribution in [-0.4, -0.2) is 67.0 Å². The Bertz CT molecular complexity index is 1730. The minimum Gasteiger partial charge on any atom is -0.457 e. The molecule has 1 saturated heterocycles. The van der Waals surface area contributed by atoms with Crippen molar-refractivity contribution < 1.29 is 9.53 Å². The van der Waals surface area contributed by atoms with E-state index in [1.807, 2.05) is 44.2 Å². The van der Waals surface area contributed by atoms with Gasteiger partial charge in [0.25, 0.3) is 5.91 Å². The molecule has 1 aliphatic heterocycles. The fraction of sp³-hybridized carbons (Fsp3) is 0.344. The van der Waals surface area contributed by atoms with Crippen LogP contribution >= 0.6 is 0 Å². The van der Waals surface area contributed by atoms with Crippen molar-refractivity contribution in [3.8, 4) is 23.3 Å². The number of imidazole rings is 1. The maximum Gasteiger partial charge on any atom is 0.335 e. The lowest BCUT2D eigenvalue weighted by Gasteiger charge is -2.39. The molecule has 0 atom stereocenters. The Hall–Kier alpha value is -4.95. The van der Waals surface area contributed by atoms with Gasteiger partial charge >= 0.3 is 5.69 Å². The predicted molar refractivity (Wildman–Crippen MR) is 165 cm³/mol. The van der Waals surface area contributed by atoms with Gasteiger partial charge in [-0.2, -0.15) is 5.26 Å². The first-order valence-electron chi connectivity index (χ1n) is 14.4. The van der Waals surface area contributed by atoms with Crippen molar-refractivity contribution in [3.05, 3.63) is 83.1 Å². The standard InChI is InChI=1S/C32H36N8O3/c1-32(2,38-16-8-5-9-17-38)20-23(21-33)30(41)37(3)18-19-39-29-27(28(34)35-22-36-29)40(31(39)42)24-12-14-26(15-13-24)43-25-10-6-4-7-11-25/h4,6-7,10-15,20,22H,5,8-9,16-19H2,1-3H3,(H2,34,35,36). The van der Waals surface area contributed by atoms with Crippen molar-refractivity contribution in [1.29, 1.82) is 5.26 Å². The summed E-state index contributed by atoms with van der Waals surface area (Å²) in [5.41, 5.74) is 6.80. The summed E-state index contributed by atoms with van der Waals surface area (Å²) >= 11 is 0. The topological polar surface area (TPSA) is 135 Å². The monoisotopic (exact) mass is 580 g/mol. The molecule has 0 unspecified atom stereocenters. The number of carbonyl (C=O) groups is 1. The molecule has 4 aromatic rings. The van der Waals surface area contributed by atoms with Crippen LogP contribution < -0.4 is 16.2 Å². The summed E-state index contributed by atoms with van der Waals surface area (Å²) in [6.07, 6.45) is 6.48. The molecular formula is C32H36N8O3. The quantitative estimate of drug-likeness (QED) is 0.231. The third-order valence-electron chi connectivity index (χ3n) is 7.83. The van der Waals surface area contributed by atoms with Crippen LogP contribution in [0, 0.1) is 11.3 Å². The van der Waals surface area contributed by atoms with Crippen molar-refractivity contribution in [2.24, 2.45) is 0 Å². The van der Waals surface area contributed by atoms with Crippen LogP contribution in [0.1, 0.15) is 33.1 Å². The molecule has 1 aliphatic rings. The summed E-state index contributed by atoms with van der Waals surface area (Å²) in [7, 11) is 1.63. The number of amides is 1. The van der Waals surface area contributed by atoms with E-state index in [-0.39, 0.29) is 30.2 Å². The number of fused-ring (bicyclic) bond motifs is 1. The largest absolute Gasteiger partial charge is 0.457 e. The Morgan fingerprint density at radius 2 is 1.74 bits per heavy atom. The molecule has 3 heterocycles. The molecule has 0 bridgehead atoms. The summed E-state index contributed by atoms with van der Waals surface area (Å²) in [6, 6.07) is 18.6. The second kappa shape index (κ2) is 12.5. The first kappa shape index (κ1) is 29.5. The Morgan fingerprint density at radius 3 is 2.42 bits per heavy atom. The number of nitrogens with zero attached hydrogens (tertiary/aromatic N) is 7. The van der Waals surface area contributed by atoms with E-state index in [1.54, 1.807) is 37.4 Å². The van der Waals surface area contributed by atoms with Crippen LogP contribution in [0.4, 0.5) is 5.82 Å². The van der Waals surface area contributed by atoms with E-state index < -0.39 is 11.4 Å². The zero-order valence-electron chi connectivity index (χ0n) is 24.7. The average molecular weight is 581 g/mol. The molecule has 0 saturated carbocycles. The van der Waals surface area contributed by atoms with Gasteiger partial charge in [0.1, 0.15) is 35.0 Å². The number of anilines is 1. The summed E-state index contributed by atoms with van der Waals surface area (Å²) in [6.45, 7) is 6.25. The number of carbonyl (C=O) groups excluding carboxylic acids is 1. The number of para-hydroxylation sites is 1. The van der Waals surface area contributed by atoms with E-state index in [9.17, 15) is 14.9 Å². The van der Waals surface area contributed by atoms with Crippen molar-refractivity contribution in [1.82, 2.24) is 28.9 Å². The summed E-state index contributed by atoms with van der Waals surface area (Å²) < 4.78 is 8.82. The Morgan fingerprint density at radius 1 is 1.07 bits per heavy atom. The van der Waals surface area contributed by atoms with Crippen molar-refractivity contribution >= 4 is 22.9 Å². The van der Waals surface area contributed by atoms with Crippen molar-refractivity contribution in [2.45, 2.75) is 45.2 Å². The molecule has 2 N–H and O–H groups in total. The van der Waals surface area contributed by atoms with E-state index in [1.165, 1.54) is 26.8 Å². The highest BCUT2D eigenvalue weighted by Crippen LogP contribution is 2.26. The van der Waals surface area contributed by atoms with Crippen LogP contribution in [0.25, 0.3) is 16.9 Å². The van der Waals surface area contributed by atoms with Gasteiger partial charge in [-0.05, 0) is 82.3 Å². The maximum absolute atomic E-state index is 13.8. The molecule has 0 radical (unpaired) electrons. The normalized spacial score (nSPS) is 14.4. The van der Waals surface area contributed by atoms with E-state index in [0.717, 1.165) is 25.9 Å². The third-order valence-corrected chi connectivity index (χ3v) is 7.83. The summed E-state index contributed by atoms with van der Waals surface area (Å²) in [4.78, 5) is 39.3. The number of benzene rings is 2. The number of likely N-dealkylation sites (N-methyl/N-ethyl adjacent to an activating group) is 1. The van der Waals surface area contributed by atoms with Gasteiger partial charge in [0.15, 0.2) is 11.5 Å². The molecule has 11 heteroatoms. The smallest absolute Gasteiger partial charge is 0.335 e. The first-order valence-corrected chi connectivity index (χ1v) is 14.4. The van der Waals surface area contributed by atoms with Crippen LogP contribution in [0.5, 0.6) is 11.5 Å². The second-order valence-electron chi connectivity index (χ2n) is 11.2. The number of ether oxygens (including phenoxy) is 1. The summed E-state index contributed by atoms with van der Waals surface area (Å²) in [5.74, 6) is 1.07. The Labute approximate surface area is 250 Å². The Balaban J connectivity index is 1.38. The highest BCUT2D eigenvalue weighted by molar-refractivity contribution is 5.97. The number of hydrogen-bond donors (Lipinski definition) is 1. The number of hydrogen-bond acceptors (Lipinski definition) is 8. The molecule has 11 nitrogen and oxygen atoms in total. The number of rotatable bonds is 9. The maximum atomic E-state index is 13.8. The van der Waals surface area contributed by atoms with Crippen LogP contribution in [0.3, 0.4) is 0 Å². The lowest BCUT2D eigenvalue weighted by Crippen LogP contribution is -2.46. The lowest BCUT2D eigenvalue weighted by molar-refractivity contribution is -0.125. The molecule has 0 spiro atoms. The van der Waals surface area contributed by atoms with Gasteiger partial charge in [-0.15, -0.1) is 0 Å². The third kappa shape index (κ3) is 6.29. The van der Waals surface area contributed by atoms with E-state index in [4.69, 9.17) is 10.5 Å². The predicted octanol–water partition coefficient (Wildman–Crippen LogP) is 4.13. The van der Waals surface area contributed by atoms with Crippen LogP contribution in [0.2, 0.25) is 0 Å². The summed E-state index contributed by atoms with van der Waals surface area (Å²) in [5, 5.41) is 9.86. The zero-order chi connectivity index (χ0) is 30.6. The Kier molecular flexibility index (Phi) is 8.59. The number of nitrogen functional groups attached to an aromatic ring is 1. The molecule has 1 amide bonds. The van der Waals surface area contributed by atoms with E-state index >= 15 is 0 Å². The average Bonchev–Trinajstić information content (AvgIpc) is 3.31. The lowest BCUT2D eigenvalue weighted by atomic mass is 9.95. The molecule has 1 fully saturated rings. The van der Waals surface area contributed by atoms with Gasteiger partial charge in [0.05, 0.1) is 5.69 Å². The number of aromatic nitrogens is 4. The minimum atomic E-state index is -0.428. The fourth-order valence-corrected chi connectivity index (χ4v) is 5.44. The van der Waals surface area contributed by atoms with Gasteiger partial charge in [0, 0.05) is 25.7 Å². The first-order chi connectivity index (χ1) is 20.7. The van der Waals surface area contributed by atoms with Gasteiger partial charge in [-0.25, -0.2) is 14.8 Å². The van der Waals surface area contributed by atoms with Crippen molar-refractivity contribution in [3.63, 3.8) is 0 Å². The minimum absolute atomic E-state index is 0.0808. The van der Waals surface area contributed by atoms with E-state index in [0.29, 0.717) is 28.4 Å². The molecule has 222 valence electrons. The highest BCUT2D eigenvalue weighted by Gasteiger charge is 2.28. The molecule has 0 aliphatic carbocycles. The van der Waals surface area contributed by atoms with Gasteiger partial charge in [-0.1, -0.05) is 24.6 Å². The highest BCUT2D eigenvalue weighted by atomic mass is 16.5. The number of likely N-dealkylation sites (tertiary alicyclic amines) is 1. The van der Waals surface area contributed by atoms with Gasteiger partial charge in [0.2, 0.25) is 0 Å². The van der Waals surface area contributed by atoms with Crippen LogP contribution in [-0.2, 0) is 11.3 Å². The fourth-order valence-electron chi connectivity index (χ4n) is 5.44. The molecule has 5 rings (SSSR count). The van der Waals surface area contributed by atoms with Crippen molar-refractivity contribution in [2.75, 3.05) is 32.4 Å². The molecule has 43 heavy (non-hydrogen) atoms.